The number of benzene rings is 1. The van der Waals surface area contributed by atoms with Crippen LogP contribution >= 0.6 is 0 Å². The van der Waals surface area contributed by atoms with Crippen LogP contribution < -0.4 is 5.73 Å². The number of phenolic OH excluding ortho intramolecular Hbond substituents is 1. The van der Waals surface area contributed by atoms with Crippen LogP contribution in [0, 0.1) is 6.92 Å². The summed E-state index contributed by atoms with van der Waals surface area (Å²) in [6, 6.07) is 5.25. The van der Waals surface area contributed by atoms with E-state index in [0.29, 0.717) is 18.2 Å². The van der Waals surface area contributed by atoms with E-state index in [-0.39, 0.29) is 5.75 Å². The third-order valence-electron chi connectivity index (χ3n) is 2.72. The van der Waals surface area contributed by atoms with Gasteiger partial charge in [-0.25, -0.2) is 0 Å². The Morgan fingerprint density at radius 3 is 2.61 bits per heavy atom. The lowest BCUT2D eigenvalue weighted by molar-refractivity contribution is 0.327. The van der Waals surface area contributed by atoms with Crippen molar-refractivity contribution < 1.29 is 9.84 Å². The molecule has 1 aromatic rings. The SMILES string of the molecule is CCOC(=NC)C(C)=C(N)c1ccc(O)c(C)c1. The second-order valence-corrected chi connectivity index (χ2v) is 4.00. The summed E-state index contributed by atoms with van der Waals surface area (Å²) in [5.41, 5.74) is 9.14. The van der Waals surface area contributed by atoms with Crippen molar-refractivity contribution in [1.29, 1.82) is 0 Å². The summed E-state index contributed by atoms with van der Waals surface area (Å²) in [4.78, 5) is 4.07. The summed E-state index contributed by atoms with van der Waals surface area (Å²) >= 11 is 0. The van der Waals surface area contributed by atoms with Gasteiger partial charge in [0.05, 0.1) is 6.61 Å². The summed E-state index contributed by atoms with van der Waals surface area (Å²) in [5.74, 6) is 0.805. The second-order valence-electron chi connectivity index (χ2n) is 4.00. The predicted molar refractivity (Wildman–Crippen MR) is 74.6 cm³/mol. The Kier molecular flexibility index (Phi) is 4.77. The molecule has 0 amide bonds. The molecule has 0 saturated heterocycles. The van der Waals surface area contributed by atoms with Crippen LogP contribution in [0.1, 0.15) is 25.0 Å². The lowest BCUT2D eigenvalue weighted by Crippen LogP contribution is -2.12. The number of rotatable bonds is 3. The average Bonchev–Trinajstić information content (AvgIpc) is 2.37. The maximum absolute atomic E-state index is 9.50. The lowest BCUT2D eigenvalue weighted by atomic mass is 10.0. The zero-order valence-electron chi connectivity index (χ0n) is 11.3. The molecule has 1 aromatic carbocycles. The second kappa shape index (κ2) is 6.10. The quantitative estimate of drug-likeness (QED) is 0.637. The van der Waals surface area contributed by atoms with Crippen LogP contribution in [0.3, 0.4) is 0 Å². The predicted octanol–water partition coefficient (Wildman–Crippen LogP) is 2.46. The Balaban J connectivity index is 3.17. The monoisotopic (exact) mass is 248 g/mol. The molecule has 1 rings (SSSR count). The van der Waals surface area contributed by atoms with Crippen molar-refractivity contribution in [3.8, 4) is 5.75 Å². The fourth-order valence-corrected chi connectivity index (χ4v) is 1.63. The van der Waals surface area contributed by atoms with E-state index >= 15 is 0 Å². The molecule has 4 nitrogen and oxygen atoms in total. The molecule has 0 aliphatic carbocycles. The molecule has 98 valence electrons. The third kappa shape index (κ3) is 3.03. The fraction of sp³-hybridized carbons (Fsp3) is 0.357. The molecule has 18 heavy (non-hydrogen) atoms. The largest absolute Gasteiger partial charge is 0.508 e. The van der Waals surface area contributed by atoms with Gasteiger partial charge in [-0.3, -0.25) is 4.99 Å². The topological polar surface area (TPSA) is 67.8 Å². The fourth-order valence-electron chi connectivity index (χ4n) is 1.63. The van der Waals surface area contributed by atoms with Crippen LogP contribution in [0.5, 0.6) is 5.75 Å². The molecule has 0 saturated carbocycles. The minimum atomic E-state index is 0.262. The number of phenols is 1. The Hall–Kier alpha value is -1.97. The van der Waals surface area contributed by atoms with Gasteiger partial charge in [-0.15, -0.1) is 0 Å². The van der Waals surface area contributed by atoms with Gasteiger partial charge in [-0.2, -0.15) is 0 Å². The molecule has 0 unspecified atom stereocenters. The van der Waals surface area contributed by atoms with Gasteiger partial charge in [0.15, 0.2) is 0 Å². The van der Waals surface area contributed by atoms with Crippen LogP contribution in [-0.4, -0.2) is 24.7 Å². The lowest BCUT2D eigenvalue weighted by Gasteiger charge is -2.11. The first kappa shape index (κ1) is 14.1. The van der Waals surface area contributed by atoms with E-state index in [1.54, 1.807) is 19.2 Å². The van der Waals surface area contributed by atoms with Crippen LogP contribution in [-0.2, 0) is 4.74 Å². The van der Waals surface area contributed by atoms with Crippen molar-refractivity contribution >= 4 is 11.6 Å². The number of aryl methyl sites for hydroxylation is 1. The Labute approximate surface area is 108 Å². The van der Waals surface area contributed by atoms with Crippen LogP contribution in [0.25, 0.3) is 5.70 Å². The average molecular weight is 248 g/mol. The van der Waals surface area contributed by atoms with Crippen LogP contribution in [0.4, 0.5) is 0 Å². The van der Waals surface area contributed by atoms with E-state index in [2.05, 4.69) is 4.99 Å². The van der Waals surface area contributed by atoms with Crippen molar-refractivity contribution in [2.24, 2.45) is 10.7 Å². The Morgan fingerprint density at radius 2 is 2.11 bits per heavy atom. The highest BCUT2D eigenvalue weighted by molar-refractivity contribution is 6.00. The van der Waals surface area contributed by atoms with Crippen LogP contribution in [0.2, 0.25) is 0 Å². The minimum absolute atomic E-state index is 0.262. The van der Waals surface area contributed by atoms with E-state index in [1.807, 2.05) is 26.8 Å². The number of aromatic hydroxyl groups is 1. The first-order valence-corrected chi connectivity index (χ1v) is 5.87. The summed E-state index contributed by atoms with van der Waals surface area (Å²) in [6.07, 6.45) is 0. The normalized spacial score (nSPS) is 13.2. The van der Waals surface area contributed by atoms with Crippen molar-refractivity contribution in [1.82, 2.24) is 0 Å². The first-order chi connectivity index (χ1) is 8.51. The molecule has 0 aromatic heterocycles. The van der Waals surface area contributed by atoms with Crippen molar-refractivity contribution in [2.75, 3.05) is 13.7 Å². The highest BCUT2D eigenvalue weighted by atomic mass is 16.5. The van der Waals surface area contributed by atoms with Gasteiger partial charge in [0.25, 0.3) is 0 Å². The number of ether oxygens (including phenoxy) is 1. The summed E-state index contributed by atoms with van der Waals surface area (Å²) < 4.78 is 5.41. The maximum atomic E-state index is 9.50. The number of hydrogen-bond acceptors (Lipinski definition) is 4. The molecule has 0 aliphatic heterocycles. The number of aliphatic imine (C=N–C) groups is 1. The zero-order chi connectivity index (χ0) is 13.7. The van der Waals surface area contributed by atoms with Crippen LogP contribution in [0.15, 0.2) is 28.8 Å². The van der Waals surface area contributed by atoms with Gasteiger partial charge >= 0.3 is 0 Å². The van der Waals surface area contributed by atoms with Gasteiger partial charge < -0.3 is 15.6 Å². The van der Waals surface area contributed by atoms with Gasteiger partial charge in [-0.05, 0) is 50.1 Å². The van der Waals surface area contributed by atoms with Gasteiger partial charge in [0.1, 0.15) is 5.75 Å². The highest BCUT2D eigenvalue weighted by Crippen LogP contribution is 2.22. The maximum Gasteiger partial charge on any atom is 0.213 e. The molecule has 0 aliphatic rings. The molecule has 0 atom stereocenters. The molecular formula is C14H20N2O2. The highest BCUT2D eigenvalue weighted by Gasteiger charge is 2.09. The van der Waals surface area contributed by atoms with E-state index in [4.69, 9.17) is 10.5 Å². The summed E-state index contributed by atoms with van der Waals surface area (Å²) in [6.45, 7) is 6.15. The minimum Gasteiger partial charge on any atom is -0.508 e. The number of hydrogen-bond donors (Lipinski definition) is 2. The third-order valence-corrected chi connectivity index (χ3v) is 2.72. The molecule has 3 N–H and O–H groups in total. The van der Waals surface area contributed by atoms with Gasteiger partial charge in [-0.1, -0.05) is 0 Å². The number of nitrogens with two attached hydrogens (primary N) is 1. The summed E-state index contributed by atoms with van der Waals surface area (Å²) in [7, 11) is 1.67. The van der Waals surface area contributed by atoms with Gasteiger partial charge in [0.2, 0.25) is 5.90 Å². The molecule has 0 bridgehead atoms. The number of nitrogens with zero attached hydrogens (tertiary/aromatic N) is 1. The van der Waals surface area contributed by atoms with E-state index in [0.717, 1.165) is 16.7 Å². The Morgan fingerprint density at radius 1 is 1.44 bits per heavy atom. The van der Waals surface area contributed by atoms with Crippen molar-refractivity contribution in [3.05, 3.63) is 34.9 Å². The Bertz CT molecular complexity index is 491. The molecule has 0 radical (unpaired) electrons. The molecule has 0 spiro atoms. The summed E-state index contributed by atoms with van der Waals surface area (Å²) in [5, 5.41) is 9.50. The zero-order valence-corrected chi connectivity index (χ0v) is 11.3. The van der Waals surface area contributed by atoms with Gasteiger partial charge in [0, 0.05) is 18.3 Å². The molecule has 0 fully saturated rings. The molecule has 4 heteroatoms. The van der Waals surface area contributed by atoms with Crippen molar-refractivity contribution in [2.45, 2.75) is 20.8 Å². The molecular weight excluding hydrogens is 228 g/mol. The molecule has 0 heterocycles. The first-order valence-electron chi connectivity index (χ1n) is 5.87. The van der Waals surface area contributed by atoms with E-state index in [9.17, 15) is 5.11 Å². The van der Waals surface area contributed by atoms with E-state index in [1.165, 1.54) is 0 Å². The van der Waals surface area contributed by atoms with E-state index < -0.39 is 0 Å². The standard InChI is InChI=1S/C14H20N2O2/c1-5-18-14(16-4)10(3)13(15)11-6-7-12(17)9(2)8-11/h6-8,17H,5,15H2,1-4H3. The smallest absolute Gasteiger partial charge is 0.213 e. The van der Waals surface area contributed by atoms with Crippen molar-refractivity contribution in [3.63, 3.8) is 0 Å².